The molecule has 1 amide bonds. The molecule has 0 aromatic rings. The van der Waals surface area contributed by atoms with Gasteiger partial charge in [-0.3, -0.25) is 9.59 Å². The Kier molecular flexibility index (Phi) is 53.1. The van der Waals surface area contributed by atoms with E-state index in [1.54, 1.807) is 6.08 Å². The monoisotopic (exact) mass is 914 g/mol. The van der Waals surface area contributed by atoms with Gasteiger partial charge in [-0.05, 0) is 83.5 Å². The van der Waals surface area contributed by atoms with Gasteiger partial charge in [0.05, 0.1) is 25.4 Å². The molecule has 0 aliphatic carbocycles. The third kappa shape index (κ3) is 51.3. The number of unbranched alkanes of at least 4 members (excludes halogenated alkanes) is 38. The predicted molar refractivity (Wildman–Crippen MR) is 283 cm³/mol. The lowest BCUT2D eigenvalue weighted by molar-refractivity contribution is -0.143. The second-order valence-corrected chi connectivity index (χ2v) is 19.6. The Bertz CT molecular complexity index is 1060. The van der Waals surface area contributed by atoms with Crippen molar-refractivity contribution in [3.05, 3.63) is 36.5 Å². The third-order valence-electron chi connectivity index (χ3n) is 13.1. The molecule has 0 saturated heterocycles. The number of nitrogens with one attached hydrogen (secondary N) is 1. The van der Waals surface area contributed by atoms with Gasteiger partial charge in [0.2, 0.25) is 5.91 Å². The van der Waals surface area contributed by atoms with Crippen LogP contribution in [-0.2, 0) is 14.3 Å². The fourth-order valence-electron chi connectivity index (χ4n) is 8.68. The van der Waals surface area contributed by atoms with Crippen molar-refractivity contribution in [3.8, 4) is 0 Å². The number of esters is 1. The number of aliphatic hydroxyl groups is 2. The maximum absolute atomic E-state index is 12.4. The van der Waals surface area contributed by atoms with Crippen LogP contribution < -0.4 is 5.32 Å². The van der Waals surface area contributed by atoms with Crippen LogP contribution in [0.3, 0.4) is 0 Å². The number of aliphatic hydroxyl groups excluding tert-OH is 2. The largest absolute Gasteiger partial charge is 0.466 e. The van der Waals surface area contributed by atoms with Crippen molar-refractivity contribution in [2.75, 3.05) is 13.2 Å². The van der Waals surface area contributed by atoms with E-state index in [9.17, 15) is 19.8 Å². The molecule has 0 radical (unpaired) electrons. The van der Waals surface area contributed by atoms with Crippen LogP contribution in [0.2, 0.25) is 0 Å². The first-order valence-corrected chi connectivity index (χ1v) is 28.8. The highest BCUT2D eigenvalue weighted by Crippen LogP contribution is 2.16. The SMILES string of the molecule is CCCCCC/C=C\CCCCCCCC(=O)OCCCCCCCCCCCCCC/C=C\CCCCCCCCCCCC(=O)NC(CO)C(O)/C=C/CCCCCCCCCC. The molecule has 0 bridgehead atoms. The zero-order valence-electron chi connectivity index (χ0n) is 43.5. The van der Waals surface area contributed by atoms with Crippen LogP contribution in [0.1, 0.15) is 303 Å². The average Bonchev–Trinajstić information content (AvgIpc) is 3.31. The number of hydrogen-bond acceptors (Lipinski definition) is 5. The van der Waals surface area contributed by atoms with Crippen molar-refractivity contribution in [2.24, 2.45) is 0 Å². The second kappa shape index (κ2) is 54.7. The summed E-state index contributed by atoms with van der Waals surface area (Å²) in [6.07, 6.45) is 67.5. The first kappa shape index (κ1) is 63.1. The lowest BCUT2D eigenvalue weighted by atomic mass is 10.0. The van der Waals surface area contributed by atoms with E-state index in [2.05, 4.69) is 43.5 Å². The maximum atomic E-state index is 12.4. The Balaban J connectivity index is 3.40. The van der Waals surface area contributed by atoms with Gasteiger partial charge in [0, 0.05) is 12.8 Å². The lowest BCUT2D eigenvalue weighted by Crippen LogP contribution is -2.45. The Hall–Kier alpha value is -1.92. The summed E-state index contributed by atoms with van der Waals surface area (Å²) in [5.41, 5.74) is 0. The first-order chi connectivity index (χ1) is 32.0. The average molecular weight is 915 g/mol. The molecule has 0 aliphatic heterocycles. The summed E-state index contributed by atoms with van der Waals surface area (Å²) in [5.74, 6) is -0.0699. The minimum absolute atomic E-state index is 0.00326. The molecule has 2 atom stereocenters. The fourth-order valence-corrected chi connectivity index (χ4v) is 8.68. The Morgan fingerprint density at radius 3 is 1.11 bits per heavy atom. The quantitative estimate of drug-likeness (QED) is 0.0321. The highest BCUT2D eigenvalue weighted by Gasteiger charge is 2.18. The van der Waals surface area contributed by atoms with Gasteiger partial charge in [0.1, 0.15) is 0 Å². The van der Waals surface area contributed by atoms with E-state index in [1.807, 2.05) is 6.08 Å². The molecular weight excluding hydrogens is 803 g/mol. The fraction of sp³-hybridized carbons (Fsp3) is 0.864. The normalized spacial score (nSPS) is 12.9. The van der Waals surface area contributed by atoms with Crippen LogP contribution in [0.15, 0.2) is 36.5 Å². The van der Waals surface area contributed by atoms with E-state index in [-0.39, 0.29) is 18.5 Å². The molecule has 0 aliphatic rings. The zero-order chi connectivity index (χ0) is 47.2. The van der Waals surface area contributed by atoms with Crippen LogP contribution in [0.25, 0.3) is 0 Å². The van der Waals surface area contributed by atoms with Gasteiger partial charge < -0.3 is 20.3 Å². The minimum Gasteiger partial charge on any atom is -0.466 e. The molecule has 0 aromatic heterocycles. The minimum atomic E-state index is -0.844. The smallest absolute Gasteiger partial charge is 0.305 e. The highest BCUT2D eigenvalue weighted by atomic mass is 16.5. The summed E-state index contributed by atoms with van der Waals surface area (Å²) >= 11 is 0. The van der Waals surface area contributed by atoms with Gasteiger partial charge in [-0.25, -0.2) is 0 Å². The van der Waals surface area contributed by atoms with E-state index in [0.717, 1.165) is 44.9 Å². The summed E-state index contributed by atoms with van der Waals surface area (Å²) in [6.45, 7) is 4.87. The molecule has 0 spiro atoms. The molecule has 2 unspecified atom stereocenters. The first-order valence-electron chi connectivity index (χ1n) is 28.8. The van der Waals surface area contributed by atoms with Crippen molar-refractivity contribution < 1.29 is 24.5 Å². The summed E-state index contributed by atoms with van der Waals surface area (Å²) in [7, 11) is 0. The maximum Gasteiger partial charge on any atom is 0.305 e. The van der Waals surface area contributed by atoms with Crippen molar-refractivity contribution >= 4 is 11.9 Å². The van der Waals surface area contributed by atoms with Crippen molar-refractivity contribution in [1.29, 1.82) is 0 Å². The van der Waals surface area contributed by atoms with Gasteiger partial charge in [0.15, 0.2) is 0 Å². The van der Waals surface area contributed by atoms with Gasteiger partial charge in [-0.15, -0.1) is 0 Å². The molecule has 0 aromatic carbocycles. The molecule has 0 heterocycles. The van der Waals surface area contributed by atoms with E-state index >= 15 is 0 Å². The predicted octanol–water partition coefficient (Wildman–Crippen LogP) is 17.6. The molecule has 0 fully saturated rings. The summed E-state index contributed by atoms with van der Waals surface area (Å²) in [5, 5.41) is 23.0. The number of amides is 1. The van der Waals surface area contributed by atoms with Crippen LogP contribution in [-0.4, -0.2) is 47.4 Å². The molecule has 3 N–H and O–H groups in total. The van der Waals surface area contributed by atoms with E-state index in [0.29, 0.717) is 19.4 Å². The molecule has 6 nitrogen and oxygen atoms in total. The number of hydrogen-bond donors (Lipinski definition) is 3. The third-order valence-corrected chi connectivity index (χ3v) is 13.1. The molecule has 6 heteroatoms. The van der Waals surface area contributed by atoms with Gasteiger partial charge in [-0.1, -0.05) is 243 Å². The standard InChI is InChI=1S/C59H111NO5/c1-3-5-7-9-11-13-15-29-33-37-41-45-49-53-59(64)65-54-50-46-42-38-34-31-28-26-24-22-20-18-16-17-19-21-23-25-27-30-32-36-40-44-48-52-58(63)60-56(55-61)57(62)51-47-43-39-35-14-12-10-8-6-4-2/h13,15,17,19,47,51,56-57,61-62H,3-12,14,16,18,20-46,48-50,52-55H2,1-2H3,(H,60,63)/b15-13-,19-17-,51-47+. The summed E-state index contributed by atoms with van der Waals surface area (Å²) < 4.78 is 5.47. The topological polar surface area (TPSA) is 95.9 Å². The van der Waals surface area contributed by atoms with Crippen molar-refractivity contribution in [2.45, 2.75) is 315 Å². The van der Waals surface area contributed by atoms with Gasteiger partial charge >= 0.3 is 5.97 Å². The van der Waals surface area contributed by atoms with Gasteiger partial charge in [0.25, 0.3) is 0 Å². The summed E-state index contributed by atoms with van der Waals surface area (Å²) in [4.78, 5) is 24.4. The Morgan fingerprint density at radius 1 is 0.415 bits per heavy atom. The molecule has 382 valence electrons. The van der Waals surface area contributed by atoms with Crippen molar-refractivity contribution in [3.63, 3.8) is 0 Å². The van der Waals surface area contributed by atoms with Gasteiger partial charge in [-0.2, -0.15) is 0 Å². The number of rotatable bonds is 53. The lowest BCUT2D eigenvalue weighted by Gasteiger charge is -2.20. The molecular formula is C59H111NO5. The van der Waals surface area contributed by atoms with E-state index < -0.39 is 12.1 Å². The highest BCUT2D eigenvalue weighted by molar-refractivity contribution is 5.76. The van der Waals surface area contributed by atoms with Crippen LogP contribution in [0.4, 0.5) is 0 Å². The summed E-state index contributed by atoms with van der Waals surface area (Å²) in [6, 6.07) is -0.628. The van der Waals surface area contributed by atoms with Crippen LogP contribution in [0.5, 0.6) is 0 Å². The Labute approximate surface area is 404 Å². The molecule has 0 saturated carbocycles. The zero-order valence-corrected chi connectivity index (χ0v) is 43.5. The number of carbonyl (C=O) groups is 2. The van der Waals surface area contributed by atoms with E-state index in [1.165, 1.54) is 231 Å². The molecule has 65 heavy (non-hydrogen) atoms. The second-order valence-electron chi connectivity index (χ2n) is 19.6. The number of carbonyl (C=O) groups excluding carboxylic acids is 2. The van der Waals surface area contributed by atoms with E-state index in [4.69, 9.17) is 4.74 Å². The van der Waals surface area contributed by atoms with Crippen LogP contribution in [0, 0.1) is 0 Å². The number of ether oxygens (including phenoxy) is 1. The molecule has 0 rings (SSSR count). The number of allylic oxidation sites excluding steroid dienone is 5. The van der Waals surface area contributed by atoms with Crippen molar-refractivity contribution in [1.82, 2.24) is 5.32 Å². The van der Waals surface area contributed by atoms with Crippen LogP contribution >= 0.6 is 0 Å². The Morgan fingerprint density at radius 2 is 0.723 bits per heavy atom.